The van der Waals surface area contributed by atoms with Gasteiger partial charge in [0.1, 0.15) is 16.8 Å². The van der Waals surface area contributed by atoms with E-state index in [0.29, 0.717) is 14.9 Å². The average molecular weight is 357 g/mol. The minimum Gasteiger partial charge on any atom is -0.267 e. The molecule has 0 saturated carbocycles. The highest BCUT2D eigenvalue weighted by molar-refractivity contribution is 7.07. The molecule has 0 saturated heterocycles. The maximum absolute atomic E-state index is 13.1. The Morgan fingerprint density at radius 2 is 1.73 bits per heavy atom. The molecule has 0 aliphatic carbocycles. The van der Waals surface area contributed by atoms with Gasteiger partial charge in [-0.2, -0.15) is 10.5 Å². The normalized spacial score (nSPS) is 11.0. The van der Waals surface area contributed by atoms with Crippen LogP contribution >= 0.6 is 11.3 Å². The van der Waals surface area contributed by atoms with Gasteiger partial charge < -0.3 is 0 Å². The van der Waals surface area contributed by atoms with Crippen LogP contribution in [0.25, 0.3) is 17.3 Å². The largest absolute Gasteiger partial charge is 0.273 e. The third-order valence-corrected chi connectivity index (χ3v) is 5.06. The fourth-order valence-electron chi connectivity index (χ4n) is 2.72. The Labute approximate surface area is 154 Å². The van der Waals surface area contributed by atoms with Crippen molar-refractivity contribution in [2.75, 3.05) is 0 Å². The van der Waals surface area contributed by atoms with E-state index in [1.54, 1.807) is 6.08 Å². The molecule has 0 aliphatic heterocycles. The first-order valence-electron chi connectivity index (χ1n) is 8.11. The van der Waals surface area contributed by atoms with Gasteiger partial charge in [-0.05, 0) is 29.7 Å². The van der Waals surface area contributed by atoms with E-state index in [1.165, 1.54) is 15.9 Å². The molecule has 0 radical (unpaired) electrons. The SMILES string of the molecule is CCc1ccccc1-n1c(=C(C#N)C#N)s/c(=C/c2ccccc2)c1=O. The van der Waals surface area contributed by atoms with Gasteiger partial charge in [-0.3, -0.25) is 9.36 Å². The first-order chi connectivity index (χ1) is 12.7. The Hall–Kier alpha value is -3.41. The Balaban J connectivity index is 2.44. The van der Waals surface area contributed by atoms with Crippen LogP contribution in [0.5, 0.6) is 0 Å². The van der Waals surface area contributed by atoms with Crippen LogP contribution in [0.1, 0.15) is 18.1 Å². The quantitative estimate of drug-likeness (QED) is 0.723. The molecule has 26 heavy (non-hydrogen) atoms. The summed E-state index contributed by atoms with van der Waals surface area (Å²) in [6.07, 6.45) is 2.53. The van der Waals surface area contributed by atoms with Gasteiger partial charge in [0, 0.05) is 0 Å². The van der Waals surface area contributed by atoms with Crippen LogP contribution in [-0.4, -0.2) is 4.57 Å². The van der Waals surface area contributed by atoms with Crippen molar-refractivity contribution in [3.8, 4) is 17.8 Å². The number of nitrogens with zero attached hydrogens (tertiary/aromatic N) is 3. The zero-order chi connectivity index (χ0) is 18.5. The topological polar surface area (TPSA) is 69.6 Å². The molecule has 0 aliphatic rings. The van der Waals surface area contributed by atoms with E-state index in [2.05, 4.69) is 0 Å². The van der Waals surface area contributed by atoms with E-state index in [4.69, 9.17) is 0 Å². The standard InChI is InChI=1S/C21H15N3OS/c1-2-16-10-6-7-11-18(16)24-20(25)19(12-15-8-4-3-5-9-15)26-21(24)17(13-22)14-23/h3-12H,2H2,1H3/b19-12+. The summed E-state index contributed by atoms with van der Waals surface area (Å²) < 4.78 is 2.34. The number of hydrogen-bond donors (Lipinski definition) is 0. The third-order valence-electron chi connectivity index (χ3n) is 3.97. The summed E-state index contributed by atoms with van der Waals surface area (Å²) in [5.74, 6) is 0. The molecular formula is C21H15N3OS. The maximum Gasteiger partial charge on any atom is 0.273 e. The van der Waals surface area contributed by atoms with Crippen molar-refractivity contribution in [3.05, 3.63) is 85.3 Å². The Morgan fingerprint density at radius 3 is 2.38 bits per heavy atom. The molecule has 126 valence electrons. The van der Waals surface area contributed by atoms with Gasteiger partial charge in [0.2, 0.25) is 0 Å². The third kappa shape index (κ3) is 3.21. The molecule has 0 unspecified atom stereocenters. The highest BCUT2D eigenvalue weighted by Gasteiger charge is 2.13. The lowest BCUT2D eigenvalue weighted by molar-refractivity contribution is 0.953. The summed E-state index contributed by atoms with van der Waals surface area (Å²) in [5, 5.41) is 18.7. The predicted octanol–water partition coefficient (Wildman–Crippen LogP) is 2.49. The van der Waals surface area contributed by atoms with E-state index in [9.17, 15) is 15.3 Å². The lowest BCUT2D eigenvalue weighted by atomic mass is 10.1. The van der Waals surface area contributed by atoms with Crippen molar-refractivity contribution in [2.24, 2.45) is 0 Å². The molecular weight excluding hydrogens is 342 g/mol. The van der Waals surface area contributed by atoms with Crippen molar-refractivity contribution < 1.29 is 0 Å². The lowest BCUT2D eigenvalue weighted by Crippen LogP contribution is -2.31. The molecule has 3 aromatic rings. The highest BCUT2D eigenvalue weighted by Crippen LogP contribution is 2.12. The monoisotopic (exact) mass is 357 g/mol. The molecule has 1 aromatic heterocycles. The summed E-state index contributed by atoms with van der Waals surface area (Å²) in [4.78, 5) is 13.1. The predicted molar refractivity (Wildman–Crippen MR) is 103 cm³/mol. The van der Waals surface area contributed by atoms with Crippen LogP contribution in [0.3, 0.4) is 0 Å². The number of aryl methyl sites for hydroxylation is 1. The van der Waals surface area contributed by atoms with E-state index in [1.807, 2.05) is 73.7 Å². The van der Waals surface area contributed by atoms with E-state index in [-0.39, 0.29) is 11.1 Å². The number of rotatable bonds is 3. The van der Waals surface area contributed by atoms with Gasteiger partial charge in [-0.15, -0.1) is 11.3 Å². The number of thiazole rings is 1. The Bertz CT molecular complexity index is 1190. The highest BCUT2D eigenvalue weighted by atomic mass is 32.1. The average Bonchev–Trinajstić information content (AvgIpc) is 2.99. The number of nitriles is 2. The van der Waals surface area contributed by atoms with Crippen molar-refractivity contribution >= 4 is 23.0 Å². The molecule has 2 aromatic carbocycles. The number of para-hydroxylation sites is 1. The summed E-state index contributed by atoms with van der Waals surface area (Å²) in [5.41, 5.74) is 2.30. The van der Waals surface area contributed by atoms with Crippen molar-refractivity contribution in [2.45, 2.75) is 13.3 Å². The molecule has 0 spiro atoms. The van der Waals surface area contributed by atoms with E-state index >= 15 is 0 Å². The summed E-state index contributed by atoms with van der Waals surface area (Å²) >= 11 is 1.17. The van der Waals surface area contributed by atoms with Gasteiger partial charge in [0.15, 0.2) is 5.57 Å². The van der Waals surface area contributed by atoms with Gasteiger partial charge in [-0.1, -0.05) is 55.5 Å². The minimum absolute atomic E-state index is 0.0642. The van der Waals surface area contributed by atoms with Crippen molar-refractivity contribution in [1.82, 2.24) is 4.57 Å². The fraction of sp³-hybridized carbons (Fsp3) is 0.0952. The second-order valence-corrected chi connectivity index (χ2v) is 6.58. The molecule has 0 atom stereocenters. The van der Waals surface area contributed by atoms with Crippen molar-refractivity contribution in [3.63, 3.8) is 0 Å². The van der Waals surface area contributed by atoms with Crippen LogP contribution in [0, 0.1) is 22.7 Å². The zero-order valence-corrected chi connectivity index (χ0v) is 15.0. The summed E-state index contributed by atoms with van der Waals surface area (Å²) in [6.45, 7) is 2.01. The Kier molecular flexibility index (Phi) is 5.12. The van der Waals surface area contributed by atoms with Crippen LogP contribution in [0.2, 0.25) is 0 Å². The van der Waals surface area contributed by atoms with Gasteiger partial charge in [0.25, 0.3) is 5.56 Å². The van der Waals surface area contributed by atoms with Gasteiger partial charge >= 0.3 is 0 Å². The molecule has 0 bridgehead atoms. The van der Waals surface area contributed by atoms with Gasteiger partial charge in [0.05, 0.1) is 10.2 Å². The minimum atomic E-state index is -0.224. The van der Waals surface area contributed by atoms with Crippen molar-refractivity contribution in [1.29, 1.82) is 10.5 Å². The van der Waals surface area contributed by atoms with Crippen LogP contribution < -0.4 is 14.8 Å². The second kappa shape index (κ2) is 7.65. The molecule has 3 rings (SSSR count). The fourth-order valence-corrected chi connectivity index (χ4v) is 3.77. The Morgan fingerprint density at radius 1 is 1.08 bits per heavy atom. The summed E-state index contributed by atoms with van der Waals surface area (Å²) in [7, 11) is 0. The van der Waals surface area contributed by atoms with Crippen LogP contribution in [0.15, 0.2) is 59.4 Å². The zero-order valence-electron chi connectivity index (χ0n) is 14.1. The molecule has 4 nitrogen and oxygen atoms in total. The maximum atomic E-state index is 13.1. The number of hydrogen-bond acceptors (Lipinski definition) is 4. The molecule has 0 amide bonds. The first kappa shape index (κ1) is 17.4. The summed E-state index contributed by atoms with van der Waals surface area (Å²) in [6, 6.07) is 20.9. The smallest absolute Gasteiger partial charge is 0.267 e. The molecule has 5 heteroatoms. The van der Waals surface area contributed by atoms with Crippen LogP contribution in [-0.2, 0) is 6.42 Å². The first-order valence-corrected chi connectivity index (χ1v) is 8.92. The molecule has 0 N–H and O–H groups in total. The van der Waals surface area contributed by atoms with E-state index in [0.717, 1.165) is 17.5 Å². The van der Waals surface area contributed by atoms with E-state index < -0.39 is 0 Å². The second-order valence-electron chi connectivity index (χ2n) is 5.55. The molecule has 0 fully saturated rings. The van der Waals surface area contributed by atoms with Gasteiger partial charge in [-0.25, -0.2) is 0 Å². The number of aromatic nitrogens is 1. The molecule has 1 heterocycles. The lowest BCUT2D eigenvalue weighted by Gasteiger charge is -2.08. The number of benzene rings is 2. The van der Waals surface area contributed by atoms with Crippen LogP contribution in [0.4, 0.5) is 0 Å².